The molecule has 2 N–H and O–H groups in total. The SMILES string of the molecule is CN(c1cnc(-c2ccc(-c3cc(F)n(C)c(=O)n3)cc2O)nn1)[C@H]1C[C@@H]2CCC[C@@H](N2)[C@H]1F. The van der Waals surface area contributed by atoms with Crippen molar-refractivity contribution in [1.29, 1.82) is 0 Å². The standard InChI is InChI=1S/C23H25F2N7O2/c1-31(17-9-13-4-3-5-15(27-13)21(17)25)20-11-26-22(30-29-20)14-7-6-12(8-18(14)33)16-10-19(24)32(2)23(34)28-16/h6-8,10-11,13,15,17,21,27,33H,3-5,9H2,1-2H3/t13-,15+,17-,21+/m0/s1. The Kier molecular flexibility index (Phi) is 5.72. The van der Waals surface area contributed by atoms with E-state index in [-0.39, 0.29) is 29.4 Å². The van der Waals surface area contributed by atoms with Crippen molar-refractivity contribution in [2.24, 2.45) is 7.05 Å². The molecule has 178 valence electrons. The van der Waals surface area contributed by atoms with Crippen molar-refractivity contribution in [3.8, 4) is 28.4 Å². The monoisotopic (exact) mass is 469 g/mol. The third kappa shape index (κ3) is 4.00. The van der Waals surface area contributed by atoms with Gasteiger partial charge >= 0.3 is 5.69 Å². The van der Waals surface area contributed by atoms with E-state index in [4.69, 9.17) is 0 Å². The summed E-state index contributed by atoms with van der Waals surface area (Å²) < 4.78 is 29.7. The normalized spacial score (nSPS) is 24.1. The van der Waals surface area contributed by atoms with Crippen molar-refractivity contribution < 1.29 is 13.9 Å². The maximum atomic E-state index is 15.0. The van der Waals surface area contributed by atoms with E-state index < -0.39 is 17.8 Å². The second-order valence-corrected chi connectivity index (χ2v) is 8.94. The molecule has 0 amide bonds. The maximum Gasteiger partial charge on any atom is 0.350 e. The van der Waals surface area contributed by atoms with E-state index in [2.05, 4.69) is 25.5 Å². The van der Waals surface area contributed by atoms with Crippen LogP contribution in [0.15, 0.2) is 35.3 Å². The molecule has 2 aliphatic rings. The van der Waals surface area contributed by atoms with Crippen molar-refractivity contribution in [1.82, 2.24) is 30.0 Å². The van der Waals surface area contributed by atoms with Gasteiger partial charge in [-0.15, -0.1) is 10.2 Å². The number of hydrogen-bond acceptors (Lipinski definition) is 8. The molecule has 34 heavy (non-hydrogen) atoms. The van der Waals surface area contributed by atoms with Gasteiger partial charge in [-0.3, -0.25) is 4.57 Å². The van der Waals surface area contributed by atoms with Crippen LogP contribution in [0, 0.1) is 5.95 Å². The first-order chi connectivity index (χ1) is 16.3. The van der Waals surface area contributed by atoms with Gasteiger partial charge in [0.2, 0.25) is 0 Å². The zero-order chi connectivity index (χ0) is 24.0. The molecule has 0 saturated carbocycles. The lowest BCUT2D eigenvalue weighted by molar-refractivity contribution is 0.107. The number of hydrogen-bond donors (Lipinski definition) is 2. The first kappa shape index (κ1) is 22.3. The van der Waals surface area contributed by atoms with Crippen LogP contribution >= 0.6 is 0 Å². The molecule has 9 nitrogen and oxygen atoms in total. The van der Waals surface area contributed by atoms with E-state index >= 15 is 4.39 Å². The van der Waals surface area contributed by atoms with Gasteiger partial charge in [-0.1, -0.05) is 12.5 Å². The Morgan fingerprint density at radius 1 is 1.24 bits per heavy atom. The predicted molar refractivity (Wildman–Crippen MR) is 122 cm³/mol. The third-order valence-corrected chi connectivity index (χ3v) is 6.82. The molecule has 1 aromatic carbocycles. The highest BCUT2D eigenvalue weighted by atomic mass is 19.1. The number of benzene rings is 1. The minimum Gasteiger partial charge on any atom is -0.507 e. The average Bonchev–Trinajstić information content (AvgIpc) is 2.84. The molecule has 2 fully saturated rings. The van der Waals surface area contributed by atoms with Crippen LogP contribution in [-0.2, 0) is 7.05 Å². The van der Waals surface area contributed by atoms with Crippen molar-refractivity contribution in [2.45, 2.75) is 50.0 Å². The number of nitrogens with zero attached hydrogens (tertiary/aromatic N) is 6. The largest absolute Gasteiger partial charge is 0.507 e. The molecule has 5 rings (SSSR count). The van der Waals surface area contributed by atoms with Crippen molar-refractivity contribution >= 4 is 5.82 Å². The Balaban J connectivity index is 1.37. The number of piperidine rings is 2. The van der Waals surface area contributed by atoms with E-state index in [1.165, 1.54) is 19.3 Å². The van der Waals surface area contributed by atoms with Gasteiger partial charge in [0.25, 0.3) is 0 Å². The summed E-state index contributed by atoms with van der Waals surface area (Å²) in [6.07, 6.45) is 4.12. The number of halogens is 2. The van der Waals surface area contributed by atoms with Gasteiger partial charge in [0.15, 0.2) is 17.6 Å². The van der Waals surface area contributed by atoms with Crippen LogP contribution in [0.3, 0.4) is 0 Å². The highest BCUT2D eigenvalue weighted by Gasteiger charge is 2.42. The minimum absolute atomic E-state index is 0.103. The fourth-order valence-corrected chi connectivity index (χ4v) is 4.82. The molecule has 0 radical (unpaired) electrons. The molecule has 0 unspecified atom stereocenters. The van der Waals surface area contributed by atoms with Crippen molar-refractivity contribution in [2.75, 3.05) is 11.9 Å². The fourth-order valence-electron chi connectivity index (χ4n) is 4.82. The maximum absolute atomic E-state index is 15.0. The van der Waals surface area contributed by atoms with Gasteiger partial charge in [-0.05, 0) is 31.4 Å². The number of fused-ring (bicyclic) bond motifs is 2. The number of alkyl halides is 1. The lowest BCUT2D eigenvalue weighted by Crippen LogP contribution is -2.61. The molecule has 4 atom stereocenters. The summed E-state index contributed by atoms with van der Waals surface area (Å²) in [5.41, 5.74) is 0.0480. The predicted octanol–water partition coefficient (Wildman–Crippen LogP) is 2.20. The molecule has 11 heteroatoms. The number of aromatic hydroxyl groups is 1. The van der Waals surface area contributed by atoms with E-state index in [0.717, 1.165) is 29.9 Å². The first-order valence-electron chi connectivity index (χ1n) is 11.2. The summed E-state index contributed by atoms with van der Waals surface area (Å²) in [5.74, 6) is -0.271. The zero-order valence-electron chi connectivity index (χ0n) is 18.8. The molecule has 2 bridgehead atoms. The van der Waals surface area contributed by atoms with Crippen LogP contribution in [0.2, 0.25) is 0 Å². The molecule has 3 aromatic rings. The van der Waals surface area contributed by atoms with Crippen LogP contribution in [-0.4, -0.2) is 61.2 Å². The smallest absolute Gasteiger partial charge is 0.350 e. The number of aromatic nitrogens is 5. The van der Waals surface area contributed by atoms with Gasteiger partial charge in [0.1, 0.15) is 11.9 Å². The summed E-state index contributed by atoms with van der Waals surface area (Å²) in [5, 5.41) is 22.3. The second-order valence-electron chi connectivity index (χ2n) is 8.94. The molecule has 0 aliphatic carbocycles. The molecular formula is C23H25F2N7O2. The lowest BCUT2D eigenvalue weighted by Gasteiger charge is -2.45. The van der Waals surface area contributed by atoms with Crippen molar-refractivity contribution in [3.05, 3.63) is 46.9 Å². The van der Waals surface area contributed by atoms with E-state index in [1.54, 1.807) is 24.1 Å². The highest BCUT2D eigenvalue weighted by Crippen LogP contribution is 2.33. The lowest BCUT2D eigenvalue weighted by atomic mass is 9.82. The van der Waals surface area contributed by atoms with Gasteiger partial charge < -0.3 is 15.3 Å². The molecule has 2 aliphatic heterocycles. The fraction of sp³-hybridized carbons (Fsp3) is 0.435. The van der Waals surface area contributed by atoms with E-state index in [1.807, 2.05) is 0 Å². The number of phenolic OH excluding ortho intramolecular Hbond substituents is 1. The molecular weight excluding hydrogens is 444 g/mol. The Bertz CT molecular complexity index is 1270. The Labute approximate surface area is 194 Å². The first-order valence-corrected chi connectivity index (χ1v) is 11.2. The number of anilines is 1. The van der Waals surface area contributed by atoms with Crippen LogP contribution in [0.4, 0.5) is 14.6 Å². The average molecular weight is 469 g/mol. The molecule has 0 spiro atoms. The summed E-state index contributed by atoms with van der Waals surface area (Å²) in [6, 6.07) is 5.48. The second kappa shape index (κ2) is 8.71. The van der Waals surface area contributed by atoms with Gasteiger partial charge in [-0.25, -0.2) is 14.2 Å². The number of nitrogens with one attached hydrogen (secondary N) is 1. The quantitative estimate of drug-likeness (QED) is 0.560. The zero-order valence-corrected chi connectivity index (χ0v) is 18.8. The number of phenols is 1. The minimum atomic E-state index is -1.01. The highest BCUT2D eigenvalue weighted by molar-refractivity contribution is 5.71. The van der Waals surface area contributed by atoms with Crippen molar-refractivity contribution in [3.63, 3.8) is 0 Å². The summed E-state index contributed by atoms with van der Waals surface area (Å²) in [7, 11) is 3.08. The summed E-state index contributed by atoms with van der Waals surface area (Å²) in [6.45, 7) is 0. The van der Waals surface area contributed by atoms with Gasteiger partial charge in [-0.2, -0.15) is 9.37 Å². The van der Waals surface area contributed by atoms with Crippen LogP contribution in [0.1, 0.15) is 25.7 Å². The number of rotatable bonds is 4. The summed E-state index contributed by atoms with van der Waals surface area (Å²) in [4.78, 5) is 21.7. The molecule has 2 aromatic heterocycles. The molecule has 2 saturated heterocycles. The van der Waals surface area contributed by atoms with Gasteiger partial charge in [0.05, 0.1) is 23.5 Å². The van der Waals surface area contributed by atoms with E-state index in [9.17, 15) is 14.3 Å². The van der Waals surface area contributed by atoms with E-state index in [0.29, 0.717) is 29.4 Å². The Morgan fingerprint density at radius 2 is 2.06 bits per heavy atom. The van der Waals surface area contributed by atoms with Crippen LogP contribution in [0.5, 0.6) is 5.75 Å². The molecule has 4 heterocycles. The topological polar surface area (TPSA) is 109 Å². The Morgan fingerprint density at radius 3 is 2.76 bits per heavy atom. The Hall–Kier alpha value is -3.47. The third-order valence-electron chi connectivity index (χ3n) is 6.82. The van der Waals surface area contributed by atoms with Crippen LogP contribution < -0.4 is 15.9 Å². The van der Waals surface area contributed by atoms with Crippen LogP contribution in [0.25, 0.3) is 22.6 Å². The summed E-state index contributed by atoms with van der Waals surface area (Å²) >= 11 is 0. The van der Waals surface area contributed by atoms with Gasteiger partial charge in [0, 0.05) is 37.8 Å².